The molecule has 3 rings (SSSR count). The molecule has 0 radical (unpaired) electrons. The molecule has 1 atom stereocenters. The first-order valence-electron chi connectivity index (χ1n) is 5.86. The zero-order chi connectivity index (χ0) is 10.8. The van der Waals surface area contributed by atoms with Crippen LogP contribution in [0.2, 0.25) is 0 Å². The molecule has 0 saturated carbocycles. The Balaban J connectivity index is 1.93. The molecule has 3 saturated heterocycles. The highest BCUT2D eigenvalue weighted by Gasteiger charge is 2.35. The summed E-state index contributed by atoms with van der Waals surface area (Å²) in [5, 5.41) is 0. The maximum atomic E-state index is 12.0. The summed E-state index contributed by atoms with van der Waals surface area (Å²) in [6, 6.07) is 0.149. The number of carbonyl (C=O) groups is 1. The van der Waals surface area contributed by atoms with Crippen molar-refractivity contribution < 1.29 is 4.79 Å². The fraction of sp³-hybridized carbons (Fsp3) is 0.750. The molecule has 3 fully saturated rings. The number of carbonyl (C=O) groups excluding carboxylic acids is 1. The van der Waals surface area contributed by atoms with Gasteiger partial charge in [-0.05, 0) is 6.42 Å². The lowest BCUT2D eigenvalue weighted by Gasteiger charge is -2.46. The van der Waals surface area contributed by atoms with Crippen LogP contribution >= 0.6 is 0 Å². The summed E-state index contributed by atoms with van der Waals surface area (Å²) in [7, 11) is 0. The minimum atomic E-state index is 0.149. The third-order valence-electron chi connectivity index (χ3n) is 3.57. The Hall–Kier alpha value is -0.670. The molecule has 1 unspecified atom stereocenters. The van der Waals surface area contributed by atoms with Crippen molar-refractivity contribution in [3.05, 3.63) is 12.2 Å². The minimum Gasteiger partial charge on any atom is -0.299 e. The largest absolute Gasteiger partial charge is 0.299 e. The van der Waals surface area contributed by atoms with E-state index in [1.165, 1.54) is 0 Å². The third-order valence-corrected chi connectivity index (χ3v) is 3.57. The third kappa shape index (κ3) is 2.29. The highest BCUT2D eigenvalue weighted by molar-refractivity contribution is 5.86. The second-order valence-electron chi connectivity index (χ2n) is 4.60. The molecule has 3 aliphatic rings. The molecule has 0 aromatic carbocycles. The molecule has 3 nitrogen and oxygen atoms in total. The monoisotopic (exact) mass is 208 g/mol. The topological polar surface area (TPSA) is 23.6 Å². The van der Waals surface area contributed by atoms with Gasteiger partial charge in [-0.15, -0.1) is 0 Å². The average molecular weight is 208 g/mol. The van der Waals surface area contributed by atoms with Gasteiger partial charge in [0.05, 0.1) is 6.04 Å². The van der Waals surface area contributed by atoms with Crippen molar-refractivity contribution in [2.24, 2.45) is 0 Å². The number of ketones is 1. The lowest BCUT2D eigenvalue weighted by atomic mass is 9.98. The number of hydrogen-bond donors (Lipinski definition) is 0. The molecule has 84 valence electrons. The molecule has 0 aromatic rings. The first-order valence-corrected chi connectivity index (χ1v) is 5.86. The maximum absolute atomic E-state index is 12.0. The summed E-state index contributed by atoms with van der Waals surface area (Å²) in [5.41, 5.74) is 1.07. The second kappa shape index (κ2) is 4.45. The number of piperazine rings is 3. The Bertz CT molecular complexity index is 267. The van der Waals surface area contributed by atoms with Gasteiger partial charge < -0.3 is 0 Å². The highest BCUT2D eigenvalue weighted by atomic mass is 16.1. The van der Waals surface area contributed by atoms with Crippen molar-refractivity contribution in [2.75, 3.05) is 32.7 Å². The first-order chi connectivity index (χ1) is 7.20. The number of fused-ring (bicyclic) bond motifs is 3. The molecule has 0 spiro atoms. The average Bonchev–Trinajstić information content (AvgIpc) is 2.30. The van der Waals surface area contributed by atoms with Gasteiger partial charge in [0.25, 0.3) is 0 Å². The zero-order valence-electron chi connectivity index (χ0n) is 9.54. The summed E-state index contributed by atoms with van der Waals surface area (Å²) in [5.74, 6) is 0.367. The van der Waals surface area contributed by atoms with E-state index in [0.29, 0.717) is 12.2 Å². The quantitative estimate of drug-likeness (QED) is 0.642. The normalized spacial score (nSPS) is 34.1. The van der Waals surface area contributed by atoms with Crippen LogP contribution in [0.3, 0.4) is 0 Å². The Labute approximate surface area is 91.7 Å². The molecule has 15 heavy (non-hydrogen) atoms. The first kappa shape index (κ1) is 10.8. The molecular weight excluding hydrogens is 188 g/mol. The maximum Gasteiger partial charge on any atom is 0.155 e. The molecule has 3 heteroatoms. The molecule has 3 heterocycles. The van der Waals surface area contributed by atoms with E-state index >= 15 is 0 Å². The van der Waals surface area contributed by atoms with Gasteiger partial charge in [0.1, 0.15) is 0 Å². The fourth-order valence-corrected chi connectivity index (χ4v) is 2.41. The molecule has 0 amide bonds. The molecular formula is C12H20N2O. The predicted molar refractivity (Wildman–Crippen MR) is 60.9 cm³/mol. The number of nitrogens with zero attached hydrogens (tertiary/aromatic N) is 2. The molecule has 3 aliphatic heterocycles. The van der Waals surface area contributed by atoms with Crippen molar-refractivity contribution in [3.63, 3.8) is 0 Å². The summed E-state index contributed by atoms with van der Waals surface area (Å²) in [4.78, 5) is 16.8. The van der Waals surface area contributed by atoms with Crippen LogP contribution in [0.5, 0.6) is 0 Å². The van der Waals surface area contributed by atoms with Gasteiger partial charge in [-0.25, -0.2) is 0 Å². The Kier molecular flexibility index (Phi) is 3.22. The van der Waals surface area contributed by atoms with E-state index in [2.05, 4.69) is 23.3 Å². The second-order valence-corrected chi connectivity index (χ2v) is 4.60. The molecule has 0 aliphatic carbocycles. The Morgan fingerprint density at radius 1 is 1.33 bits per heavy atom. The van der Waals surface area contributed by atoms with E-state index in [1.54, 1.807) is 0 Å². The smallest absolute Gasteiger partial charge is 0.155 e. The lowest BCUT2D eigenvalue weighted by molar-refractivity contribution is -0.128. The van der Waals surface area contributed by atoms with Crippen LogP contribution in [0.1, 0.15) is 19.8 Å². The fourth-order valence-electron chi connectivity index (χ4n) is 2.41. The van der Waals surface area contributed by atoms with Crippen molar-refractivity contribution in [3.8, 4) is 0 Å². The van der Waals surface area contributed by atoms with Crippen LogP contribution < -0.4 is 0 Å². The lowest BCUT2D eigenvalue weighted by Crippen LogP contribution is -2.63. The standard InChI is InChI=1S/C12H20N2O/c1-3-10(2)8-12(15)11-9-13-4-6-14(11)7-5-13/h11H,2-9H2,1H3. The Morgan fingerprint density at radius 2 is 2.00 bits per heavy atom. The van der Waals surface area contributed by atoms with E-state index in [0.717, 1.165) is 44.7 Å². The summed E-state index contributed by atoms with van der Waals surface area (Å²) >= 11 is 0. The SMILES string of the molecule is C=C(CC)CC(=O)C1CN2CCN1CC2. The zero-order valence-corrected chi connectivity index (χ0v) is 9.54. The van der Waals surface area contributed by atoms with Crippen LogP contribution in [-0.4, -0.2) is 54.3 Å². The summed E-state index contributed by atoms with van der Waals surface area (Å²) < 4.78 is 0. The van der Waals surface area contributed by atoms with Crippen molar-refractivity contribution >= 4 is 5.78 Å². The number of allylic oxidation sites excluding steroid dienone is 1. The van der Waals surface area contributed by atoms with E-state index < -0.39 is 0 Å². The van der Waals surface area contributed by atoms with Crippen molar-refractivity contribution in [1.29, 1.82) is 0 Å². The predicted octanol–water partition coefficient (Wildman–Crippen LogP) is 0.912. The van der Waals surface area contributed by atoms with Crippen LogP contribution in [0.4, 0.5) is 0 Å². The van der Waals surface area contributed by atoms with Gasteiger partial charge in [-0.2, -0.15) is 0 Å². The summed E-state index contributed by atoms with van der Waals surface area (Å²) in [6.45, 7) is 11.3. The van der Waals surface area contributed by atoms with Gasteiger partial charge in [0.2, 0.25) is 0 Å². The number of rotatable bonds is 4. The summed E-state index contributed by atoms with van der Waals surface area (Å²) in [6.07, 6.45) is 1.49. The van der Waals surface area contributed by atoms with Gasteiger partial charge in [-0.1, -0.05) is 19.1 Å². The van der Waals surface area contributed by atoms with Gasteiger partial charge >= 0.3 is 0 Å². The number of hydrogen-bond acceptors (Lipinski definition) is 3. The number of Topliss-reactive ketones (excluding diaryl/α,β-unsaturated/α-hetero) is 1. The molecule has 0 N–H and O–H groups in total. The minimum absolute atomic E-state index is 0.149. The molecule has 0 aromatic heterocycles. The Morgan fingerprint density at radius 3 is 2.47 bits per heavy atom. The highest BCUT2D eigenvalue weighted by Crippen LogP contribution is 2.18. The van der Waals surface area contributed by atoms with Gasteiger partial charge in [0, 0.05) is 39.1 Å². The van der Waals surface area contributed by atoms with Crippen molar-refractivity contribution in [1.82, 2.24) is 9.80 Å². The van der Waals surface area contributed by atoms with Crippen molar-refractivity contribution in [2.45, 2.75) is 25.8 Å². The van der Waals surface area contributed by atoms with Crippen LogP contribution in [-0.2, 0) is 4.79 Å². The van der Waals surface area contributed by atoms with Gasteiger partial charge in [0.15, 0.2) is 5.78 Å². The molecule has 2 bridgehead atoms. The van der Waals surface area contributed by atoms with Crippen LogP contribution in [0.15, 0.2) is 12.2 Å². The van der Waals surface area contributed by atoms with E-state index in [1.807, 2.05) is 0 Å². The van der Waals surface area contributed by atoms with E-state index in [9.17, 15) is 4.79 Å². The van der Waals surface area contributed by atoms with E-state index in [4.69, 9.17) is 0 Å². The van der Waals surface area contributed by atoms with Crippen LogP contribution in [0.25, 0.3) is 0 Å². The van der Waals surface area contributed by atoms with E-state index in [-0.39, 0.29) is 6.04 Å². The van der Waals surface area contributed by atoms with Crippen LogP contribution in [0, 0.1) is 0 Å². The van der Waals surface area contributed by atoms with Gasteiger partial charge in [-0.3, -0.25) is 14.6 Å².